The first kappa shape index (κ1) is 27.9. The smallest absolute Gasteiger partial charge is 0.416 e. The number of nitrogens with two attached hydrogens (primary N) is 1. The van der Waals surface area contributed by atoms with E-state index in [1.807, 2.05) is 19.2 Å². The molecule has 0 bridgehead atoms. The van der Waals surface area contributed by atoms with Gasteiger partial charge in [-0.25, -0.2) is 4.79 Å². The Bertz CT molecular complexity index is 1170. The van der Waals surface area contributed by atoms with Crippen LogP contribution in [0.3, 0.4) is 0 Å². The van der Waals surface area contributed by atoms with Crippen LogP contribution in [0, 0.1) is 0 Å². The third-order valence-electron chi connectivity index (χ3n) is 7.91. The summed E-state index contributed by atoms with van der Waals surface area (Å²) in [5.41, 5.74) is 2.71. The molecule has 1 heterocycles. The van der Waals surface area contributed by atoms with Gasteiger partial charge in [0.05, 0.1) is 25.3 Å². The van der Waals surface area contributed by atoms with Gasteiger partial charge in [0.2, 0.25) is 0 Å². The third kappa shape index (κ3) is 4.97. The van der Waals surface area contributed by atoms with Crippen molar-refractivity contribution in [2.75, 3.05) is 32.7 Å². The van der Waals surface area contributed by atoms with Crippen molar-refractivity contribution in [2.24, 2.45) is 5.73 Å². The molecule has 2 N–H and O–H groups in total. The summed E-state index contributed by atoms with van der Waals surface area (Å²) >= 11 is 0. The summed E-state index contributed by atoms with van der Waals surface area (Å²) in [6.45, 7) is 0.726. The highest BCUT2D eigenvalue weighted by atomic mass is 19.4. The fourth-order valence-electron chi connectivity index (χ4n) is 6.07. The second-order valence-corrected chi connectivity index (χ2v) is 9.87. The minimum absolute atomic E-state index is 0.0381. The van der Waals surface area contributed by atoms with E-state index >= 15 is 0 Å². The predicted octanol–water partition coefficient (Wildman–Crippen LogP) is 5.82. The van der Waals surface area contributed by atoms with Gasteiger partial charge in [-0.2, -0.15) is 26.3 Å². The minimum Gasteiger partial charge on any atom is -0.493 e. The van der Waals surface area contributed by atoms with Crippen LogP contribution in [0.1, 0.15) is 42.4 Å². The number of hydrogen-bond acceptors (Lipinski definition) is 4. The molecule has 2 amide bonds. The third-order valence-corrected chi connectivity index (χ3v) is 7.91. The van der Waals surface area contributed by atoms with Crippen molar-refractivity contribution in [3.63, 3.8) is 0 Å². The number of alkyl halides is 6. The van der Waals surface area contributed by atoms with E-state index < -0.39 is 41.2 Å². The van der Waals surface area contributed by atoms with Gasteiger partial charge in [0, 0.05) is 23.2 Å². The van der Waals surface area contributed by atoms with Crippen molar-refractivity contribution in [2.45, 2.75) is 55.5 Å². The Hall–Kier alpha value is -3.15. The first-order chi connectivity index (χ1) is 17.7. The lowest BCUT2D eigenvalue weighted by atomic mass is 9.64. The predicted molar refractivity (Wildman–Crippen MR) is 128 cm³/mol. The molecule has 4 rings (SSSR count). The van der Waals surface area contributed by atoms with Crippen molar-refractivity contribution in [1.29, 1.82) is 0 Å². The van der Waals surface area contributed by atoms with Gasteiger partial charge in [0.25, 0.3) is 0 Å². The molecular formula is C26H29F6N3O3. The Labute approximate surface area is 216 Å². The van der Waals surface area contributed by atoms with Crippen LogP contribution in [0.15, 0.2) is 36.4 Å². The maximum absolute atomic E-state index is 13.5. The number of fused-ring (bicyclic) bond motifs is 1. The summed E-state index contributed by atoms with van der Waals surface area (Å²) in [6, 6.07) is 4.84. The Balaban J connectivity index is 1.73. The van der Waals surface area contributed by atoms with E-state index in [2.05, 4.69) is 4.90 Å². The van der Waals surface area contributed by atoms with Crippen LogP contribution in [-0.2, 0) is 17.8 Å². The lowest BCUT2D eigenvalue weighted by Crippen LogP contribution is -2.54. The summed E-state index contributed by atoms with van der Waals surface area (Å²) in [7, 11) is 4.98. The van der Waals surface area contributed by atoms with E-state index in [-0.39, 0.29) is 17.5 Å². The number of carbonyl (C=O) groups is 1. The molecule has 12 heteroatoms. The zero-order valence-corrected chi connectivity index (χ0v) is 21.1. The monoisotopic (exact) mass is 545 g/mol. The highest BCUT2D eigenvalue weighted by Gasteiger charge is 2.52. The number of halogens is 6. The number of methoxy groups -OCH3 is 2. The lowest BCUT2D eigenvalue weighted by molar-refractivity contribution is -0.143. The average Bonchev–Trinajstić information content (AvgIpc) is 3.19. The van der Waals surface area contributed by atoms with Crippen LogP contribution >= 0.6 is 0 Å². The van der Waals surface area contributed by atoms with Gasteiger partial charge in [0.1, 0.15) is 0 Å². The molecule has 0 radical (unpaired) electrons. The van der Waals surface area contributed by atoms with Gasteiger partial charge < -0.3 is 20.1 Å². The maximum atomic E-state index is 13.5. The van der Waals surface area contributed by atoms with Crippen LogP contribution in [0.4, 0.5) is 36.8 Å². The molecule has 1 saturated carbocycles. The second-order valence-electron chi connectivity index (χ2n) is 9.87. The number of anilines is 1. The topological polar surface area (TPSA) is 68.0 Å². The Morgan fingerprint density at radius 1 is 0.974 bits per heavy atom. The molecule has 2 fully saturated rings. The molecule has 0 unspecified atom stereocenters. The Kier molecular flexibility index (Phi) is 7.24. The minimum atomic E-state index is -5.04. The molecule has 38 heavy (non-hydrogen) atoms. The standard InChI is InChI=1S/C26H29F6N3O3/c1-34-9-8-24(15-4-5-20(37-2)21(13-15)38-3)7-6-18(14-22(24)34)35(23(33)36)19-11-16(25(27,28)29)10-17(12-19)26(30,31)32/h4-5,10-13,18,22H,6-9,14H2,1-3H3,(H2,33,36)/t18-,22+,24+/m1/s1. The molecule has 2 aliphatic rings. The normalized spacial score (nSPS) is 24.1. The quantitative estimate of drug-likeness (QED) is 0.481. The number of hydrogen-bond donors (Lipinski definition) is 1. The fraction of sp³-hybridized carbons (Fsp3) is 0.500. The van der Waals surface area contributed by atoms with Gasteiger partial charge in [0.15, 0.2) is 11.5 Å². The van der Waals surface area contributed by atoms with Gasteiger partial charge in [-0.1, -0.05) is 6.07 Å². The van der Waals surface area contributed by atoms with E-state index in [1.54, 1.807) is 6.07 Å². The van der Waals surface area contributed by atoms with Crippen LogP contribution in [0.2, 0.25) is 0 Å². The van der Waals surface area contributed by atoms with Gasteiger partial charge >= 0.3 is 18.4 Å². The van der Waals surface area contributed by atoms with E-state index in [1.165, 1.54) is 14.2 Å². The molecular weight excluding hydrogens is 516 g/mol. The maximum Gasteiger partial charge on any atom is 0.416 e. The SMILES string of the molecule is COc1ccc([C@@]23CC[C@@H](N(C(N)=O)c4cc(C(F)(F)F)cc(C(F)(F)F)c4)C[C@@H]2N(C)CC3)cc1OC. The van der Waals surface area contributed by atoms with Crippen molar-refractivity contribution < 1.29 is 40.6 Å². The molecule has 0 aromatic heterocycles. The molecule has 2 aromatic carbocycles. The molecule has 0 spiro atoms. The van der Waals surface area contributed by atoms with Crippen molar-refractivity contribution >= 4 is 11.7 Å². The number of likely N-dealkylation sites (N-methyl/N-ethyl adjacent to an activating group) is 1. The number of likely N-dealkylation sites (tertiary alicyclic amines) is 1. The number of ether oxygens (including phenoxy) is 2. The summed E-state index contributed by atoms with van der Waals surface area (Å²) in [5.74, 6) is 1.12. The van der Waals surface area contributed by atoms with Crippen molar-refractivity contribution in [1.82, 2.24) is 4.90 Å². The number of carbonyl (C=O) groups excluding carboxylic acids is 1. The van der Waals surface area contributed by atoms with Crippen LogP contribution in [0.25, 0.3) is 0 Å². The zero-order chi connectivity index (χ0) is 28.0. The summed E-state index contributed by atoms with van der Waals surface area (Å²) in [6.07, 6.45) is -8.11. The van der Waals surface area contributed by atoms with E-state index in [0.717, 1.165) is 23.4 Å². The molecule has 1 aliphatic heterocycles. The van der Waals surface area contributed by atoms with Crippen molar-refractivity contribution in [3.05, 3.63) is 53.1 Å². The van der Waals surface area contributed by atoms with Crippen molar-refractivity contribution in [3.8, 4) is 11.5 Å². The summed E-state index contributed by atoms with van der Waals surface area (Å²) in [4.78, 5) is 15.5. The second kappa shape index (κ2) is 9.87. The van der Waals surface area contributed by atoms with E-state index in [9.17, 15) is 31.1 Å². The number of primary amides is 1. The van der Waals surface area contributed by atoms with Gasteiger partial charge in [-0.15, -0.1) is 0 Å². The first-order valence-electron chi connectivity index (χ1n) is 12.0. The fourth-order valence-corrected chi connectivity index (χ4v) is 6.07. The molecule has 3 atom stereocenters. The highest BCUT2D eigenvalue weighted by molar-refractivity contribution is 5.91. The zero-order valence-electron chi connectivity index (χ0n) is 21.1. The molecule has 1 aliphatic carbocycles. The Morgan fingerprint density at radius 3 is 2.11 bits per heavy atom. The number of rotatable bonds is 5. The molecule has 1 saturated heterocycles. The number of nitrogens with zero attached hydrogens (tertiary/aromatic N) is 2. The van der Waals surface area contributed by atoms with E-state index in [4.69, 9.17) is 15.2 Å². The highest BCUT2D eigenvalue weighted by Crippen LogP contribution is 2.51. The van der Waals surface area contributed by atoms with E-state index in [0.29, 0.717) is 42.9 Å². The first-order valence-corrected chi connectivity index (χ1v) is 12.0. The number of urea groups is 1. The van der Waals surface area contributed by atoms with Crippen LogP contribution in [0.5, 0.6) is 11.5 Å². The lowest BCUT2D eigenvalue weighted by Gasteiger charge is -2.47. The molecule has 6 nitrogen and oxygen atoms in total. The molecule has 208 valence electrons. The number of benzene rings is 2. The van der Waals surface area contributed by atoms with Gasteiger partial charge in [-0.3, -0.25) is 4.90 Å². The summed E-state index contributed by atoms with van der Waals surface area (Å²) in [5, 5.41) is 0. The summed E-state index contributed by atoms with van der Waals surface area (Å²) < 4.78 is 91.8. The average molecular weight is 546 g/mol. The number of amides is 2. The largest absolute Gasteiger partial charge is 0.493 e. The van der Waals surface area contributed by atoms with Crippen LogP contribution in [-0.4, -0.2) is 50.8 Å². The Morgan fingerprint density at radius 2 is 1.58 bits per heavy atom. The molecule has 2 aromatic rings. The van der Waals surface area contributed by atoms with Crippen LogP contribution < -0.4 is 20.1 Å². The van der Waals surface area contributed by atoms with Gasteiger partial charge in [-0.05, 0) is 75.2 Å².